The Morgan fingerprint density at radius 2 is 2.32 bits per heavy atom. The fourth-order valence-electron chi connectivity index (χ4n) is 3.56. The third-order valence-corrected chi connectivity index (χ3v) is 4.65. The first-order valence-corrected chi connectivity index (χ1v) is 7.62. The van der Waals surface area contributed by atoms with Gasteiger partial charge in [0.2, 0.25) is 0 Å². The van der Waals surface area contributed by atoms with E-state index in [9.17, 15) is 5.26 Å². The van der Waals surface area contributed by atoms with Crippen LogP contribution >= 0.6 is 0 Å². The highest BCUT2D eigenvalue weighted by molar-refractivity contribution is 5.13. The summed E-state index contributed by atoms with van der Waals surface area (Å²) in [7, 11) is 1.79. The van der Waals surface area contributed by atoms with E-state index in [1.54, 1.807) is 7.11 Å². The van der Waals surface area contributed by atoms with Crippen LogP contribution in [0.15, 0.2) is 0 Å². The summed E-state index contributed by atoms with van der Waals surface area (Å²) >= 11 is 0. The Labute approximate surface area is 117 Å². The summed E-state index contributed by atoms with van der Waals surface area (Å²) in [5.41, 5.74) is -0.264. The molecule has 19 heavy (non-hydrogen) atoms. The summed E-state index contributed by atoms with van der Waals surface area (Å²) in [6.07, 6.45) is 5.48. The van der Waals surface area contributed by atoms with Gasteiger partial charge in [0.25, 0.3) is 0 Å². The topological polar surface area (TPSA) is 48.3 Å². The maximum atomic E-state index is 9.49. The molecule has 1 N–H and O–H groups in total. The minimum atomic E-state index is -0.264. The Hall–Kier alpha value is -0.630. The van der Waals surface area contributed by atoms with Crippen molar-refractivity contribution in [3.8, 4) is 6.07 Å². The second-order valence-electron chi connectivity index (χ2n) is 6.12. The number of likely N-dealkylation sites (tertiary alicyclic amines) is 1. The van der Waals surface area contributed by atoms with Crippen LogP contribution < -0.4 is 5.32 Å². The van der Waals surface area contributed by atoms with Crippen LogP contribution in [-0.4, -0.2) is 49.8 Å². The highest BCUT2D eigenvalue weighted by Gasteiger charge is 2.42. The lowest BCUT2D eigenvalue weighted by Gasteiger charge is -2.27. The van der Waals surface area contributed by atoms with E-state index in [1.165, 1.54) is 13.0 Å². The number of rotatable bonds is 6. The number of ether oxygens (including phenoxy) is 1. The zero-order valence-electron chi connectivity index (χ0n) is 12.3. The fraction of sp³-hybridized carbons (Fsp3) is 0.933. The van der Waals surface area contributed by atoms with Crippen molar-refractivity contribution in [1.82, 2.24) is 10.2 Å². The molecule has 0 radical (unpaired) electrons. The van der Waals surface area contributed by atoms with Crippen molar-refractivity contribution >= 4 is 0 Å². The van der Waals surface area contributed by atoms with E-state index in [0.29, 0.717) is 12.0 Å². The van der Waals surface area contributed by atoms with Crippen molar-refractivity contribution in [2.24, 2.45) is 5.92 Å². The average molecular weight is 265 g/mol. The van der Waals surface area contributed by atoms with E-state index in [0.717, 1.165) is 45.4 Å². The molecule has 4 nitrogen and oxygen atoms in total. The zero-order valence-corrected chi connectivity index (χ0v) is 12.3. The van der Waals surface area contributed by atoms with Crippen LogP contribution in [0.3, 0.4) is 0 Å². The van der Waals surface area contributed by atoms with E-state index < -0.39 is 0 Å². The van der Waals surface area contributed by atoms with Gasteiger partial charge in [-0.05, 0) is 51.1 Å². The molecular weight excluding hydrogens is 238 g/mol. The van der Waals surface area contributed by atoms with E-state index in [4.69, 9.17) is 4.74 Å². The molecular formula is C15H27N3O. The van der Waals surface area contributed by atoms with E-state index in [1.807, 2.05) is 0 Å². The van der Waals surface area contributed by atoms with Gasteiger partial charge in [0.05, 0.1) is 12.7 Å². The average Bonchev–Trinajstić information content (AvgIpc) is 3.04. The third-order valence-electron chi connectivity index (χ3n) is 4.65. The van der Waals surface area contributed by atoms with Crippen molar-refractivity contribution in [2.45, 2.75) is 50.6 Å². The highest BCUT2D eigenvalue weighted by Crippen LogP contribution is 2.35. The molecule has 1 saturated carbocycles. The molecule has 1 heterocycles. The normalized spacial score (nSPS) is 35.6. The molecule has 0 aromatic heterocycles. The molecule has 0 aromatic rings. The molecule has 0 amide bonds. The van der Waals surface area contributed by atoms with Gasteiger partial charge in [-0.3, -0.25) is 10.2 Å². The van der Waals surface area contributed by atoms with Crippen molar-refractivity contribution in [1.29, 1.82) is 5.26 Å². The summed E-state index contributed by atoms with van der Waals surface area (Å²) in [6, 6.07) is 3.13. The molecule has 1 aliphatic heterocycles. The number of nitrogens with one attached hydrogen (secondary N) is 1. The van der Waals surface area contributed by atoms with Gasteiger partial charge in [-0.25, -0.2) is 0 Å². The second kappa shape index (κ2) is 6.69. The van der Waals surface area contributed by atoms with Gasteiger partial charge in [0.1, 0.15) is 5.54 Å². The van der Waals surface area contributed by atoms with Crippen LogP contribution in [0.5, 0.6) is 0 Å². The lowest BCUT2D eigenvalue weighted by atomic mass is 9.99. The van der Waals surface area contributed by atoms with Crippen molar-refractivity contribution < 1.29 is 4.74 Å². The van der Waals surface area contributed by atoms with E-state index in [2.05, 4.69) is 23.2 Å². The lowest BCUT2D eigenvalue weighted by molar-refractivity contribution is 0.146. The summed E-state index contributed by atoms with van der Waals surface area (Å²) in [6.45, 7) is 6.30. The fourth-order valence-corrected chi connectivity index (χ4v) is 3.56. The molecule has 3 unspecified atom stereocenters. The Morgan fingerprint density at radius 1 is 1.47 bits per heavy atom. The monoisotopic (exact) mass is 265 g/mol. The Bertz CT molecular complexity index is 328. The van der Waals surface area contributed by atoms with Crippen LogP contribution in [0.4, 0.5) is 0 Å². The maximum Gasteiger partial charge on any atom is 0.108 e. The van der Waals surface area contributed by atoms with Gasteiger partial charge in [-0.1, -0.05) is 6.92 Å². The van der Waals surface area contributed by atoms with Crippen LogP contribution in [0.2, 0.25) is 0 Å². The Balaban J connectivity index is 1.86. The highest BCUT2D eigenvalue weighted by atomic mass is 16.5. The second-order valence-corrected chi connectivity index (χ2v) is 6.12. The van der Waals surface area contributed by atoms with Crippen molar-refractivity contribution in [2.75, 3.05) is 33.4 Å². The molecule has 2 aliphatic rings. The van der Waals surface area contributed by atoms with Crippen molar-refractivity contribution in [3.05, 3.63) is 0 Å². The predicted molar refractivity (Wildman–Crippen MR) is 75.8 cm³/mol. The van der Waals surface area contributed by atoms with Crippen LogP contribution in [-0.2, 0) is 4.74 Å². The molecule has 1 aliphatic carbocycles. The van der Waals surface area contributed by atoms with Gasteiger partial charge in [0.15, 0.2) is 0 Å². The van der Waals surface area contributed by atoms with Crippen LogP contribution in [0.25, 0.3) is 0 Å². The quantitative estimate of drug-likeness (QED) is 0.795. The minimum absolute atomic E-state index is 0.264. The SMILES string of the molecule is CCCNC1(C#N)CCC(N2CCC(COC)C2)C1. The molecule has 1 saturated heterocycles. The zero-order chi connectivity index (χ0) is 13.7. The van der Waals surface area contributed by atoms with E-state index in [-0.39, 0.29) is 5.54 Å². The van der Waals surface area contributed by atoms with Crippen molar-refractivity contribution in [3.63, 3.8) is 0 Å². The maximum absolute atomic E-state index is 9.49. The molecule has 4 heteroatoms. The van der Waals surface area contributed by atoms with Gasteiger partial charge in [0, 0.05) is 19.7 Å². The summed E-state index contributed by atoms with van der Waals surface area (Å²) in [5, 5.41) is 13.0. The molecule has 108 valence electrons. The molecule has 0 aromatic carbocycles. The molecule has 2 rings (SSSR count). The summed E-state index contributed by atoms with van der Waals surface area (Å²) in [5.74, 6) is 0.686. The Morgan fingerprint density at radius 3 is 3.00 bits per heavy atom. The number of hydrogen-bond donors (Lipinski definition) is 1. The van der Waals surface area contributed by atoms with E-state index >= 15 is 0 Å². The van der Waals surface area contributed by atoms with Crippen LogP contribution in [0.1, 0.15) is 39.0 Å². The summed E-state index contributed by atoms with van der Waals surface area (Å²) in [4.78, 5) is 2.58. The summed E-state index contributed by atoms with van der Waals surface area (Å²) < 4.78 is 5.26. The number of hydrogen-bond acceptors (Lipinski definition) is 4. The first kappa shape index (κ1) is 14.8. The van der Waals surface area contributed by atoms with Gasteiger partial charge < -0.3 is 4.74 Å². The molecule has 2 fully saturated rings. The van der Waals surface area contributed by atoms with Gasteiger partial charge in [-0.2, -0.15) is 5.26 Å². The predicted octanol–water partition coefficient (Wildman–Crippen LogP) is 1.77. The van der Waals surface area contributed by atoms with Gasteiger partial charge in [-0.15, -0.1) is 0 Å². The van der Waals surface area contributed by atoms with Crippen LogP contribution in [0, 0.1) is 17.2 Å². The smallest absolute Gasteiger partial charge is 0.108 e. The standard InChI is InChI=1S/C15H27N3O/c1-3-7-17-15(12-16)6-4-14(9-15)18-8-5-13(10-18)11-19-2/h13-14,17H,3-11H2,1-2H3. The first-order valence-electron chi connectivity index (χ1n) is 7.62. The number of methoxy groups -OCH3 is 1. The number of nitrogens with zero attached hydrogens (tertiary/aromatic N) is 2. The van der Waals surface area contributed by atoms with Gasteiger partial charge >= 0.3 is 0 Å². The molecule has 0 bridgehead atoms. The molecule has 3 atom stereocenters. The molecule has 0 spiro atoms. The number of nitriles is 1. The third kappa shape index (κ3) is 3.47. The lowest BCUT2D eigenvalue weighted by Crippen LogP contribution is -2.44. The first-order chi connectivity index (χ1) is 9.23. The largest absolute Gasteiger partial charge is 0.384 e. The minimum Gasteiger partial charge on any atom is -0.384 e. The Kier molecular flexibility index (Phi) is 5.20.